The van der Waals surface area contributed by atoms with Crippen molar-refractivity contribution in [1.29, 1.82) is 0 Å². The van der Waals surface area contributed by atoms with E-state index in [2.05, 4.69) is 43.6 Å². The van der Waals surface area contributed by atoms with Gasteiger partial charge in [0.1, 0.15) is 12.4 Å². The summed E-state index contributed by atoms with van der Waals surface area (Å²) in [4.78, 5) is 12.9. The first-order chi connectivity index (χ1) is 19.5. The van der Waals surface area contributed by atoms with Gasteiger partial charge in [-0.1, -0.05) is 71.7 Å². The van der Waals surface area contributed by atoms with Gasteiger partial charge in [-0.15, -0.1) is 0 Å². The van der Waals surface area contributed by atoms with E-state index in [4.69, 9.17) is 27.9 Å². The molecule has 3 aromatic carbocycles. The second kappa shape index (κ2) is 13.9. The predicted octanol–water partition coefficient (Wildman–Crippen LogP) is 7.21. The zero-order chi connectivity index (χ0) is 29.5. The third-order valence-corrected chi connectivity index (χ3v) is 7.97. The van der Waals surface area contributed by atoms with E-state index in [1.807, 2.05) is 66.7 Å². The highest BCUT2D eigenvalue weighted by Crippen LogP contribution is 2.29. The van der Waals surface area contributed by atoms with Crippen LogP contribution in [0.5, 0.6) is 5.75 Å². The molecule has 218 valence electrons. The molecule has 5 nitrogen and oxygen atoms in total. The molecule has 1 heterocycles. The normalized spacial score (nSPS) is 17.3. The molecular weight excluding hydrogens is 553 g/mol. The molecule has 0 bridgehead atoms. The zero-order valence-corrected chi connectivity index (χ0v) is 25.9. The lowest BCUT2D eigenvalue weighted by Gasteiger charge is -2.47. The van der Waals surface area contributed by atoms with E-state index in [0.29, 0.717) is 29.1 Å². The molecule has 0 saturated carbocycles. The lowest BCUT2D eigenvalue weighted by atomic mass is 9.79. The molecule has 1 atom stereocenters. The van der Waals surface area contributed by atoms with E-state index < -0.39 is 0 Å². The third-order valence-electron chi connectivity index (χ3n) is 7.27. The van der Waals surface area contributed by atoms with Crippen LogP contribution in [0.15, 0.2) is 78.9 Å². The summed E-state index contributed by atoms with van der Waals surface area (Å²) in [5, 5.41) is 11.9. The Kier molecular flexibility index (Phi) is 10.5. The van der Waals surface area contributed by atoms with Crippen LogP contribution < -0.4 is 20.7 Å². The summed E-state index contributed by atoms with van der Waals surface area (Å²) in [6.45, 7) is 9.96. The Morgan fingerprint density at radius 2 is 1.59 bits per heavy atom. The first-order valence-corrected chi connectivity index (χ1v) is 14.9. The standard InChI is InChI=1S/C34H41Cl2N3O2/c1-33(2)20-27(21-34(3,4)39-33)37-22-26(38-32(40)18-15-24-9-6-5-7-10-24)19-25-13-16-28(17-14-25)41-23-29-30(35)11-8-12-31(29)36/h5-18,26-27,37,39H,19-23H2,1-4H3,(H,38,40)/t26-/m0/s1. The van der Waals surface area contributed by atoms with Gasteiger partial charge in [0, 0.05) is 51.4 Å². The van der Waals surface area contributed by atoms with Gasteiger partial charge in [-0.2, -0.15) is 0 Å². The first kappa shape index (κ1) is 31.1. The van der Waals surface area contributed by atoms with E-state index in [1.165, 1.54) is 0 Å². The predicted molar refractivity (Wildman–Crippen MR) is 171 cm³/mol. The fourth-order valence-electron chi connectivity index (χ4n) is 5.77. The van der Waals surface area contributed by atoms with Gasteiger partial charge in [0.2, 0.25) is 5.91 Å². The topological polar surface area (TPSA) is 62.4 Å². The van der Waals surface area contributed by atoms with Crippen molar-refractivity contribution < 1.29 is 9.53 Å². The molecule has 0 aliphatic carbocycles. The van der Waals surface area contributed by atoms with Crippen LogP contribution in [0.4, 0.5) is 0 Å². The van der Waals surface area contributed by atoms with Crippen LogP contribution in [0.1, 0.15) is 57.2 Å². The molecule has 1 amide bonds. The molecule has 1 aliphatic heterocycles. The number of halogens is 2. The van der Waals surface area contributed by atoms with Gasteiger partial charge in [0.25, 0.3) is 0 Å². The Balaban J connectivity index is 1.41. The number of carbonyl (C=O) groups is 1. The number of rotatable bonds is 11. The Bertz CT molecular complexity index is 1290. The van der Waals surface area contributed by atoms with E-state index in [1.54, 1.807) is 18.2 Å². The Morgan fingerprint density at radius 3 is 2.22 bits per heavy atom. The van der Waals surface area contributed by atoms with Crippen LogP contribution in [0.2, 0.25) is 10.0 Å². The molecule has 4 rings (SSSR count). The molecule has 1 fully saturated rings. The summed E-state index contributed by atoms with van der Waals surface area (Å²) >= 11 is 12.6. The number of amides is 1. The molecule has 3 aromatic rings. The smallest absolute Gasteiger partial charge is 0.244 e. The molecule has 41 heavy (non-hydrogen) atoms. The average Bonchev–Trinajstić information content (AvgIpc) is 2.90. The molecule has 0 aromatic heterocycles. The van der Waals surface area contributed by atoms with Crippen LogP contribution in [0, 0.1) is 0 Å². The van der Waals surface area contributed by atoms with Gasteiger partial charge >= 0.3 is 0 Å². The summed E-state index contributed by atoms with van der Waals surface area (Å²) < 4.78 is 5.95. The second-order valence-electron chi connectivity index (χ2n) is 12.2. The van der Waals surface area contributed by atoms with E-state index in [9.17, 15) is 4.79 Å². The minimum atomic E-state index is -0.108. The Morgan fingerprint density at radius 1 is 0.951 bits per heavy atom. The molecule has 0 spiro atoms. The van der Waals surface area contributed by atoms with Gasteiger partial charge in [-0.05, 0) is 88.4 Å². The van der Waals surface area contributed by atoms with E-state index in [0.717, 1.165) is 35.3 Å². The van der Waals surface area contributed by atoms with Crippen molar-refractivity contribution in [3.63, 3.8) is 0 Å². The minimum absolute atomic E-state index is 0.0423. The fourth-order valence-corrected chi connectivity index (χ4v) is 6.27. The van der Waals surface area contributed by atoms with Crippen LogP contribution >= 0.6 is 23.2 Å². The zero-order valence-electron chi connectivity index (χ0n) is 24.3. The van der Waals surface area contributed by atoms with Gasteiger partial charge in [0.05, 0.1) is 0 Å². The average molecular weight is 595 g/mol. The first-order valence-electron chi connectivity index (χ1n) is 14.2. The SMILES string of the molecule is CC1(C)CC(NC[C@H](Cc2ccc(OCc3c(Cl)cccc3Cl)cc2)NC(=O)C=Cc2ccccc2)CC(C)(C)N1. The van der Waals surface area contributed by atoms with Crippen molar-refractivity contribution in [2.24, 2.45) is 0 Å². The number of ether oxygens (including phenoxy) is 1. The number of carbonyl (C=O) groups excluding carboxylic acids is 1. The Labute approximate surface area is 254 Å². The van der Waals surface area contributed by atoms with Gasteiger partial charge < -0.3 is 20.7 Å². The second-order valence-corrected chi connectivity index (χ2v) is 13.0. The van der Waals surface area contributed by atoms with Crippen LogP contribution in [-0.4, -0.2) is 35.6 Å². The maximum atomic E-state index is 12.9. The highest BCUT2D eigenvalue weighted by molar-refractivity contribution is 6.35. The van der Waals surface area contributed by atoms with E-state index in [-0.39, 0.29) is 29.6 Å². The van der Waals surface area contributed by atoms with Crippen molar-refractivity contribution in [2.75, 3.05) is 6.54 Å². The third kappa shape index (κ3) is 9.89. The number of piperidine rings is 1. The quantitative estimate of drug-likeness (QED) is 0.205. The van der Waals surface area contributed by atoms with Crippen molar-refractivity contribution in [1.82, 2.24) is 16.0 Å². The monoisotopic (exact) mass is 593 g/mol. The van der Waals surface area contributed by atoms with Gasteiger partial charge in [-0.3, -0.25) is 4.79 Å². The van der Waals surface area contributed by atoms with Crippen LogP contribution in [0.3, 0.4) is 0 Å². The van der Waals surface area contributed by atoms with Gasteiger partial charge in [0.15, 0.2) is 0 Å². The molecule has 0 unspecified atom stereocenters. The van der Waals surface area contributed by atoms with Crippen LogP contribution in [-0.2, 0) is 17.8 Å². The summed E-state index contributed by atoms with van der Waals surface area (Å²) in [6.07, 6.45) is 6.18. The number of hydrogen-bond donors (Lipinski definition) is 3. The molecule has 1 saturated heterocycles. The maximum absolute atomic E-state index is 12.9. The molecular formula is C34H41Cl2N3O2. The highest BCUT2D eigenvalue weighted by Gasteiger charge is 2.37. The number of hydrogen-bond acceptors (Lipinski definition) is 4. The summed E-state index contributed by atoms with van der Waals surface area (Å²) in [5.74, 6) is 0.622. The maximum Gasteiger partial charge on any atom is 0.244 e. The van der Waals surface area contributed by atoms with Crippen molar-refractivity contribution >= 4 is 35.2 Å². The van der Waals surface area contributed by atoms with Crippen molar-refractivity contribution in [2.45, 2.75) is 76.7 Å². The molecule has 1 aliphatic rings. The highest BCUT2D eigenvalue weighted by atomic mass is 35.5. The Hall–Kier alpha value is -2.83. The summed E-state index contributed by atoms with van der Waals surface area (Å²) in [6, 6.07) is 23.5. The number of benzene rings is 3. The van der Waals surface area contributed by atoms with Gasteiger partial charge in [-0.25, -0.2) is 0 Å². The lowest BCUT2D eigenvalue weighted by Crippen LogP contribution is -2.62. The summed E-state index contributed by atoms with van der Waals surface area (Å²) in [5.41, 5.74) is 2.95. The molecule has 0 radical (unpaired) electrons. The summed E-state index contributed by atoms with van der Waals surface area (Å²) in [7, 11) is 0. The minimum Gasteiger partial charge on any atom is -0.489 e. The largest absolute Gasteiger partial charge is 0.489 e. The van der Waals surface area contributed by atoms with Crippen molar-refractivity contribution in [3.05, 3.63) is 106 Å². The van der Waals surface area contributed by atoms with Crippen molar-refractivity contribution in [3.8, 4) is 5.75 Å². The number of nitrogens with one attached hydrogen (secondary N) is 3. The lowest BCUT2D eigenvalue weighted by molar-refractivity contribution is -0.117. The van der Waals surface area contributed by atoms with E-state index >= 15 is 0 Å². The molecule has 3 N–H and O–H groups in total. The van der Waals surface area contributed by atoms with Crippen LogP contribution in [0.25, 0.3) is 6.08 Å². The molecule has 7 heteroatoms. The fraction of sp³-hybridized carbons (Fsp3) is 0.382.